The first-order valence-electron chi connectivity index (χ1n) is 10.4. The number of ether oxygens (including phenoxy) is 2. The van der Waals surface area contributed by atoms with Crippen LogP contribution in [0.1, 0.15) is 49.3 Å². The van der Waals surface area contributed by atoms with E-state index < -0.39 is 0 Å². The number of allylic oxidation sites excluding steroid dienone is 1. The minimum atomic E-state index is -0.324. The van der Waals surface area contributed by atoms with Gasteiger partial charge in [-0.25, -0.2) is 4.39 Å². The summed E-state index contributed by atoms with van der Waals surface area (Å²) < 4.78 is 25.2. The fourth-order valence-electron chi connectivity index (χ4n) is 3.42. The van der Waals surface area contributed by atoms with E-state index in [2.05, 4.69) is 11.8 Å². The van der Waals surface area contributed by atoms with Gasteiger partial charge in [-0.05, 0) is 81.5 Å². The van der Waals surface area contributed by atoms with Gasteiger partial charge in [0.25, 0.3) is 0 Å². The number of benzene rings is 2. The SMILES string of the molecule is C/C=C/COC1CCC(C(=O)Oc2ccc(C#Cc3ccc(C)cc3F)cc2)CC1. The van der Waals surface area contributed by atoms with Crippen molar-refractivity contribution in [1.29, 1.82) is 0 Å². The minimum Gasteiger partial charge on any atom is -0.426 e. The first-order chi connectivity index (χ1) is 14.5. The van der Waals surface area contributed by atoms with Gasteiger partial charge in [0.2, 0.25) is 0 Å². The average Bonchev–Trinajstić information content (AvgIpc) is 2.75. The van der Waals surface area contributed by atoms with Crippen LogP contribution in [0.4, 0.5) is 4.39 Å². The lowest BCUT2D eigenvalue weighted by Gasteiger charge is -2.26. The van der Waals surface area contributed by atoms with Crippen molar-refractivity contribution in [3.05, 3.63) is 77.1 Å². The van der Waals surface area contributed by atoms with Crippen molar-refractivity contribution >= 4 is 5.97 Å². The zero-order valence-corrected chi connectivity index (χ0v) is 17.5. The van der Waals surface area contributed by atoms with E-state index in [1.165, 1.54) is 6.07 Å². The molecule has 0 heterocycles. The third kappa shape index (κ3) is 6.30. The van der Waals surface area contributed by atoms with Gasteiger partial charge in [-0.15, -0.1) is 0 Å². The third-order valence-electron chi connectivity index (χ3n) is 5.21. The topological polar surface area (TPSA) is 35.5 Å². The first-order valence-corrected chi connectivity index (χ1v) is 10.4. The zero-order valence-electron chi connectivity index (χ0n) is 17.5. The molecule has 1 fully saturated rings. The van der Waals surface area contributed by atoms with Crippen molar-refractivity contribution in [1.82, 2.24) is 0 Å². The molecule has 0 saturated heterocycles. The van der Waals surface area contributed by atoms with Crippen LogP contribution in [0.15, 0.2) is 54.6 Å². The van der Waals surface area contributed by atoms with Gasteiger partial charge in [0.1, 0.15) is 11.6 Å². The predicted octanol–water partition coefficient (Wildman–Crippen LogP) is 5.59. The maximum Gasteiger partial charge on any atom is 0.314 e. The molecule has 1 aliphatic rings. The molecule has 1 aliphatic carbocycles. The molecule has 0 unspecified atom stereocenters. The second-order valence-electron chi connectivity index (χ2n) is 7.55. The Morgan fingerprint density at radius 1 is 1.10 bits per heavy atom. The molecule has 2 aromatic rings. The van der Waals surface area contributed by atoms with Crippen molar-refractivity contribution in [3.63, 3.8) is 0 Å². The lowest BCUT2D eigenvalue weighted by Crippen LogP contribution is -2.29. The summed E-state index contributed by atoms with van der Waals surface area (Å²) in [5.41, 5.74) is 1.95. The van der Waals surface area contributed by atoms with Crippen LogP contribution < -0.4 is 4.74 Å². The van der Waals surface area contributed by atoms with Crippen molar-refractivity contribution in [3.8, 4) is 17.6 Å². The summed E-state index contributed by atoms with van der Waals surface area (Å²) in [4.78, 5) is 12.5. The number of hydrogen-bond donors (Lipinski definition) is 0. The van der Waals surface area contributed by atoms with Crippen LogP contribution in [0.3, 0.4) is 0 Å². The van der Waals surface area contributed by atoms with Gasteiger partial charge in [-0.2, -0.15) is 0 Å². The molecule has 3 nitrogen and oxygen atoms in total. The molecule has 0 atom stereocenters. The molecule has 2 aromatic carbocycles. The van der Waals surface area contributed by atoms with E-state index in [9.17, 15) is 9.18 Å². The number of rotatable bonds is 5. The van der Waals surface area contributed by atoms with Crippen LogP contribution in [-0.2, 0) is 9.53 Å². The highest BCUT2D eigenvalue weighted by atomic mass is 19.1. The number of halogens is 1. The van der Waals surface area contributed by atoms with E-state index in [-0.39, 0.29) is 23.8 Å². The maximum absolute atomic E-state index is 13.9. The summed E-state index contributed by atoms with van der Waals surface area (Å²) in [6.45, 7) is 4.44. The van der Waals surface area contributed by atoms with Crippen LogP contribution >= 0.6 is 0 Å². The lowest BCUT2D eigenvalue weighted by molar-refractivity contribution is -0.140. The highest BCUT2D eigenvalue weighted by molar-refractivity contribution is 5.75. The molecule has 0 aromatic heterocycles. The van der Waals surface area contributed by atoms with E-state index in [4.69, 9.17) is 9.47 Å². The molecule has 1 saturated carbocycles. The highest BCUT2D eigenvalue weighted by Gasteiger charge is 2.28. The summed E-state index contributed by atoms with van der Waals surface area (Å²) in [7, 11) is 0. The molecule has 0 amide bonds. The van der Waals surface area contributed by atoms with E-state index in [1.807, 2.05) is 32.1 Å². The molecule has 0 spiro atoms. The Hall–Kier alpha value is -2.90. The molecule has 0 aliphatic heterocycles. The molecule has 3 rings (SSSR count). The summed E-state index contributed by atoms with van der Waals surface area (Å²) in [6, 6.07) is 12.0. The minimum absolute atomic E-state index is 0.0875. The summed E-state index contributed by atoms with van der Waals surface area (Å²) in [6.07, 6.45) is 7.51. The Bertz CT molecular complexity index is 942. The van der Waals surface area contributed by atoms with Gasteiger partial charge in [0, 0.05) is 5.56 Å². The first kappa shape index (κ1) is 21.8. The number of aryl methyl sites for hydroxylation is 1. The van der Waals surface area contributed by atoms with Crippen LogP contribution in [-0.4, -0.2) is 18.7 Å². The highest BCUT2D eigenvalue weighted by Crippen LogP contribution is 2.28. The second-order valence-corrected chi connectivity index (χ2v) is 7.55. The predicted molar refractivity (Wildman–Crippen MR) is 116 cm³/mol. The largest absolute Gasteiger partial charge is 0.426 e. The van der Waals surface area contributed by atoms with Crippen LogP contribution in [0, 0.1) is 30.5 Å². The summed E-state index contributed by atoms with van der Waals surface area (Å²) in [5.74, 6) is 5.68. The molecule has 4 heteroatoms. The Balaban J connectivity index is 1.51. The van der Waals surface area contributed by atoms with E-state index >= 15 is 0 Å². The third-order valence-corrected chi connectivity index (χ3v) is 5.21. The van der Waals surface area contributed by atoms with E-state index in [0.29, 0.717) is 17.9 Å². The Morgan fingerprint density at radius 2 is 1.83 bits per heavy atom. The van der Waals surface area contributed by atoms with Crippen LogP contribution in [0.5, 0.6) is 5.75 Å². The Morgan fingerprint density at radius 3 is 2.50 bits per heavy atom. The summed E-state index contributed by atoms with van der Waals surface area (Å²) >= 11 is 0. The molecule has 0 N–H and O–H groups in total. The Kier molecular flexibility index (Phi) is 7.82. The quantitative estimate of drug-likeness (QED) is 0.281. The monoisotopic (exact) mass is 406 g/mol. The molecule has 30 heavy (non-hydrogen) atoms. The molecular weight excluding hydrogens is 379 g/mol. The second kappa shape index (κ2) is 10.8. The van der Waals surface area contributed by atoms with Crippen LogP contribution in [0.25, 0.3) is 0 Å². The smallest absolute Gasteiger partial charge is 0.314 e. The number of carbonyl (C=O) groups is 1. The fraction of sp³-hybridized carbons (Fsp3) is 0.346. The van der Waals surface area contributed by atoms with Gasteiger partial charge < -0.3 is 9.47 Å². The van der Waals surface area contributed by atoms with Gasteiger partial charge in [0.15, 0.2) is 0 Å². The maximum atomic E-state index is 13.9. The van der Waals surface area contributed by atoms with Crippen molar-refractivity contribution in [2.24, 2.45) is 5.92 Å². The van der Waals surface area contributed by atoms with Crippen molar-refractivity contribution in [2.75, 3.05) is 6.61 Å². The van der Waals surface area contributed by atoms with Gasteiger partial charge in [0.05, 0.1) is 24.2 Å². The molecule has 156 valence electrons. The fourth-order valence-corrected chi connectivity index (χ4v) is 3.42. The number of hydrogen-bond acceptors (Lipinski definition) is 3. The average molecular weight is 406 g/mol. The van der Waals surface area contributed by atoms with Crippen molar-refractivity contribution in [2.45, 2.75) is 45.6 Å². The van der Waals surface area contributed by atoms with Gasteiger partial charge >= 0.3 is 5.97 Å². The lowest BCUT2D eigenvalue weighted by atomic mass is 9.87. The van der Waals surface area contributed by atoms with Crippen LogP contribution in [0.2, 0.25) is 0 Å². The number of esters is 1. The Labute approximate surface area is 177 Å². The standard InChI is InChI=1S/C26H27FO3/c1-3-4-17-29-23-15-11-22(12-16-23)26(28)30-24-13-7-20(8-14-24)6-10-21-9-5-19(2)18-25(21)27/h3-5,7-9,13-14,18,22-23H,11-12,15-17H2,1-2H3/b4-3+. The zero-order chi connectivity index (χ0) is 21.3. The van der Waals surface area contributed by atoms with E-state index in [1.54, 1.807) is 30.3 Å². The normalized spacial score (nSPS) is 18.6. The van der Waals surface area contributed by atoms with Crippen molar-refractivity contribution < 1.29 is 18.7 Å². The molecule has 0 radical (unpaired) electrons. The molecular formula is C26H27FO3. The van der Waals surface area contributed by atoms with Gasteiger partial charge in [-0.3, -0.25) is 4.79 Å². The molecule has 0 bridgehead atoms. The number of carbonyl (C=O) groups excluding carboxylic acids is 1. The van der Waals surface area contributed by atoms with Gasteiger partial charge in [-0.1, -0.05) is 30.1 Å². The van der Waals surface area contributed by atoms with E-state index in [0.717, 1.165) is 36.8 Å². The summed E-state index contributed by atoms with van der Waals surface area (Å²) in [5, 5.41) is 0.